The smallest absolute Gasteiger partial charge is 0.357 e. The van der Waals surface area contributed by atoms with Crippen LogP contribution in [0.25, 0.3) is 0 Å². The quantitative estimate of drug-likeness (QED) is 0.784. The van der Waals surface area contributed by atoms with Gasteiger partial charge in [0.15, 0.2) is 11.5 Å². The summed E-state index contributed by atoms with van der Waals surface area (Å²) in [7, 11) is 1.02. The number of rotatable bonds is 2. The molecule has 0 aliphatic heterocycles. The maximum absolute atomic E-state index is 12.9. The zero-order chi connectivity index (χ0) is 11.6. The van der Waals surface area contributed by atoms with Crippen LogP contribution in [-0.2, 0) is 4.74 Å². The number of esters is 1. The van der Waals surface area contributed by atoms with Crippen molar-refractivity contribution in [3.8, 4) is 0 Å². The van der Waals surface area contributed by atoms with E-state index in [0.29, 0.717) is 6.20 Å². The first-order chi connectivity index (χ1) is 6.99. The number of hydrogen-bond acceptors (Lipinski definition) is 3. The summed E-state index contributed by atoms with van der Waals surface area (Å²) in [4.78, 5) is 14.3. The standard InChI is InChI=1S/C8H5BrF3NO2/c1-15-8(14)6-4(7(11)12)5(9)3(10)2-13-6/h2,7H,1H3. The second-order valence-electron chi connectivity index (χ2n) is 2.47. The third-order valence-corrected chi connectivity index (χ3v) is 2.41. The van der Waals surface area contributed by atoms with Crippen LogP contribution in [-0.4, -0.2) is 18.1 Å². The Morgan fingerprint density at radius 1 is 1.60 bits per heavy atom. The Morgan fingerprint density at radius 2 is 2.20 bits per heavy atom. The van der Waals surface area contributed by atoms with Crippen LogP contribution >= 0.6 is 15.9 Å². The van der Waals surface area contributed by atoms with Crippen LogP contribution in [0.2, 0.25) is 0 Å². The fraction of sp³-hybridized carbons (Fsp3) is 0.250. The van der Waals surface area contributed by atoms with E-state index >= 15 is 0 Å². The highest BCUT2D eigenvalue weighted by Gasteiger charge is 2.25. The summed E-state index contributed by atoms with van der Waals surface area (Å²) in [5.41, 5.74) is -1.40. The fourth-order valence-corrected chi connectivity index (χ4v) is 1.40. The summed E-state index contributed by atoms with van der Waals surface area (Å²) in [6.07, 6.45) is -2.35. The van der Waals surface area contributed by atoms with Gasteiger partial charge in [0, 0.05) is 0 Å². The summed E-state index contributed by atoms with van der Waals surface area (Å²) >= 11 is 2.63. The Balaban J connectivity index is 3.40. The maximum Gasteiger partial charge on any atom is 0.357 e. The van der Waals surface area contributed by atoms with E-state index in [9.17, 15) is 18.0 Å². The first-order valence-electron chi connectivity index (χ1n) is 3.69. The third-order valence-electron chi connectivity index (χ3n) is 1.61. The molecule has 0 spiro atoms. The van der Waals surface area contributed by atoms with Gasteiger partial charge in [-0.1, -0.05) is 0 Å². The van der Waals surface area contributed by atoms with Gasteiger partial charge in [-0.25, -0.2) is 22.9 Å². The van der Waals surface area contributed by atoms with Gasteiger partial charge in [0.05, 0.1) is 23.3 Å². The van der Waals surface area contributed by atoms with Gasteiger partial charge in [-0.05, 0) is 15.9 Å². The van der Waals surface area contributed by atoms with Gasteiger partial charge in [0.2, 0.25) is 0 Å². The summed E-state index contributed by atoms with van der Waals surface area (Å²) in [5, 5.41) is 0. The average Bonchev–Trinajstić information content (AvgIpc) is 2.20. The van der Waals surface area contributed by atoms with Crippen molar-refractivity contribution in [3.05, 3.63) is 27.7 Å². The van der Waals surface area contributed by atoms with E-state index in [1.807, 2.05) is 0 Å². The molecular formula is C8H5BrF3NO2. The van der Waals surface area contributed by atoms with Gasteiger partial charge in [-0.3, -0.25) is 0 Å². The van der Waals surface area contributed by atoms with Crippen LogP contribution in [0.4, 0.5) is 13.2 Å². The highest BCUT2D eigenvalue weighted by atomic mass is 79.9. The highest BCUT2D eigenvalue weighted by molar-refractivity contribution is 9.10. The number of carbonyl (C=O) groups is 1. The van der Waals surface area contributed by atoms with Crippen molar-refractivity contribution in [2.24, 2.45) is 0 Å². The van der Waals surface area contributed by atoms with Crippen molar-refractivity contribution in [1.82, 2.24) is 4.98 Å². The Hall–Kier alpha value is -1.11. The molecule has 3 nitrogen and oxygen atoms in total. The van der Waals surface area contributed by atoms with E-state index < -0.39 is 33.9 Å². The van der Waals surface area contributed by atoms with Crippen LogP contribution in [0.3, 0.4) is 0 Å². The molecule has 15 heavy (non-hydrogen) atoms. The second-order valence-corrected chi connectivity index (χ2v) is 3.27. The van der Waals surface area contributed by atoms with E-state index in [1.165, 1.54) is 0 Å². The molecule has 1 heterocycles. The minimum atomic E-state index is -3.02. The van der Waals surface area contributed by atoms with E-state index in [-0.39, 0.29) is 0 Å². The molecule has 0 saturated carbocycles. The van der Waals surface area contributed by atoms with Crippen molar-refractivity contribution >= 4 is 21.9 Å². The monoisotopic (exact) mass is 283 g/mol. The van der Waals surface area contributed by atoms with Gasteiger partial charge in [0.25, 0.3) is 6.43 Å². The van der Waals surface area contributed by atoms with Crippen LogP contribution in [0.15, 0.2) is 10.7 Å². The molecule has 0 atom stereocenters. The predicted octanol–water partition coefficient (Wildman–Crippen LogP) is 2.71. The SMILES string of the molecule is COC(=O)c1ncc(F)c(Br)c1C(F)F. The minimum Gasteiger partial charge on any atom is -0.464 e. The molecule has 0 aliphatic carbocycles. The molecule has 1 aromatic rings. The summed E-state index contributed by atoms with van der Waals surface area (Å²) < 4.78 is 41.7. The largest absolute Gasteiger partial charge is 0.464 e. The van der Waals surface area contributed by atoms with E-state index in [0.717, 1.165) is 7.11 Å². The van der Waals surface area contributed by atoms with Crippen molar-refractivity contribution in [2.45, 2.75) is 6.43 Å². The molecule has 7 heteroatoms. The number of methoxy groups -OCH3 is 1. The summed E-state index contributed by atoms with van der Waals surface area (Å²) in [5.74, 6) is -2.00. The second kappa shape index (κ2) is 4.61. The van der Waals surface area contributed by atoms with Crippen molar-refractivity contribution in [2.75, 3.05) is 7.11 Å². The Kier molecular flexibility index (Phi) is 3.67. The lowest BCUT2D eigenvalue weighted by molar-refractivity contribution is 0.0581. The molecule has 0 unspecified atom stereocenters. The number of hydrogen-bond donors (Lipinski definition) is 0. The summed E-state index contributed by atoms with van der Waals surface area (Å²) in [6.45, 7) is 0. The van der Waals surface area contributed by atoms with E-state index in [1.54, 1.807) is 0 Å². The van der Waals surface area contributed by atoms with Crippen LogP contribution in [0.1, 0.15) is 22.5 Å². The first-order valence-corrected chi connectivity index (χ1v) is 4.48. The first kappa shape index (κ1) is 12.0. The average molecular weight is 284 g/mol. The molecular weight excluding hydrogens is 279 g/mol. The van der Waals surface area contributed by atoms with Crippen LogP contribution in [0, 0.1) is 5.82 Å². The molecule has 0 aliphatic rings. The molecule has 0 radical (unpaired) electrons. The van der Waals surface area contributed by atoms with Crippen molar-refractivity contribution < 1.29 is 22.7 Å². The Bertz CT molecular complexity index is 398. The highest BCUT2D eigenvalue weighted by Crippen LogP contribution is 2.31. The zero-order valence-electron chi connectivity index (χ0n) is 7.43. The maximum atomic E-state index is 12.9. The Labute approximate surface area is 91.4 Å². The molecule has 0 aromatic carbocycles. The normalized spacial score (nSPS) is 10.5. The van der Waals surface area contributed by atoms with Gasteiger partial charge in [-0.2, -0.15) is 0 Å². The topological polar surface area (TPSA) is 39.2 Å². The lowest BCUT2D eigenvalue weighted by atomic mass is 10.2. The molecule has 1 aromatic heterocycles. The zero-order valence-corrected chi connectivity index (χ0v) is 9.02. The fourth-order valence-electron chi connectivity index (χ4n) is 0.939. The minimum absolute atomic E-state index is 0.479. The number of alkyl halides is 2. The summed E-state index contributed by atoms with van der Waals surface area (Å²) in [6, 6.07) is 0. The van der Waals surface area contributed by atoms with Gasteiger partial charge < -0.3 is 4.74 Å². The van der Waals surface area contributed by atoms with Gasteiger partial charge >= 0.3 is 5.97 Å². The Morgan fingerprint density at radius 3 is 2.67 bits per heavy atom. The predicted molar refractivity (Wildman–Crippen MR) is 48.2 cm³/mol. The number of pyridine rings is 1. The molecule has 0 saturated heterocycles. The van der Waals surface area contributed by atoms with E-state index in [4.69, 9.17) is 0 Å². The molecule has 0 amide bonds. The molecule has 0 fully saturated rings. The molecule has 82 valence electrons. The van der Waals surface area contributed by atoms with Crippen LogP contribution in [0.5, 0.6) is 0 Å². The number of carbonyl (C=O) groups excluding carboxylic acids is 1. The van der Waals surface area contributed by atoms with Crippen molar-refractivity contribution in [3.63, 3.8) is 0 Å². The number of ether oxygens (including phenoxy) is 1. The number of halogens is 4. The molecule has 0 bridgehead atoms. The van der Waals surface area contributed by atoms with E-state index in [2.05, 4.69) is 25.7 Å². The molecule has 1 rings (SSSR count). The third kappa shape index (κ3) is 2.28. The lowest BCUT2D eigenvalue weighted by Gasteiger charge is -2.08. The van der Waals surface area contributed by atoms with Crippen molar-refractivity contribution in [1.29, 1.82) is 0 Å². The number of nitrogens with zero attached hydrogens (tertiary/aromatic N) is 1. The molecule has 0 N–H and O–H groups in total. The lowest BCUT2D eigenvalue weighted by Crippen LogP contribution is -2.10. The van der Waals surface area contributed by atoms with Gasteiger partial charge in [0.1, 0.15) is 0 Å². The van der Waals surface area contributed by atoms with Gasteiger partial charge in [-0.15, -0.1) is 0 Å². The van der Waals surface area contributed by atoms with Crippen LogP contribution < -0.4 is 0 Å². The number of aromatic nitrogens is 1.